The van der Waals surface area contributed by atoms with Crippen molar-refractivity contribution in [3.63, 3.8) is 0 Å². The highest BCUT2D eigenvalue weighted by Crippen LogP contribution is 2.36. The first kappa shape index (κ1) is 11.0. The van der Waals surface area contributed by atoms with Crippen molar-refractivity contribution in [1.82, 2.24) is 10.2 Å². The Balaban J connectivity index is 1.70. The maximum absolute atomic E-state index is 6.00. The van der Waals surface area contributed by atoms with Gasteiger partial charge in [-0.05, 0) is 44.0 Å². The monoisotopic (exact) mass is 256 g/mol. The summed E-state index contributed by atoms with van der Waals surface area (Å²) in [6.07, 6.45) is 0. The number of hydrogen-bond acceptors (Lipinski definition) is 3. The lowest BCUT2D eigenvalue weighted by molar-refractivity contribution is 0.247. The lowest BCUT2D eigenvalue weighted by atomic mass is 10.0. The van der Waals surface area contributed by atoms with Gasteiger partial charge in [-0.15, -0.1) is 11.3 Å². The van der Waals surface area contributed by atoms with E-state index in [4.69, 9.17) is 11.6 Å². The number of nitrogens with zero attached hydrogens (tertiary/aromatic N) is 1. The molecule has 0 bridgehead atoms. The van der Waals surface area contributed by atoms with Gasteiger partial charge in [-0.2, -0.15) is 0 Å². The van der Waals surface area contributed by atoms with E-state index in [2.05, 4.69) is 23.2 Å². The van der Waals surface area contributed by atoms with E-state index in [0.717, 1.165) is 16.2 Å². The first-order chi connectivity index (χ1) is 7.74. The Morgan fingerprint density at radius 1 is 1.38 bits per heavy atom. The van der Waals surface area contributed by atoms with Crippen LogP contribution in [0.15, 0.2) is 12.1 Å². The molecule has 16 heavy (non-hydrogen) atoms. The van der Waals surface area contributed by atoms with Crippen molar-refractivity contribution in [2.24, 2.45) is 11.8 Å². The molecule has 0 saturated carbocycles. The summed E-state index contributed by atoms with van der Waals surface area (Å²) in [7, 11) is 0. The molecule has 88 valence electrons. The zero-order valence-corrected chi connectivity index (χ0v) is 11.0. The third-order valence-corrected chi connectivity index (χ3v) is 5.37. The molecule has 2 aliphatic rings. The lowest BCUT2D eigenvalue weighted by Crippen LogP contribution is -2.28. The number of likely N-dealkylation sites (tertiary alicyclic amines) is 1. The van der Waals surface area contributed by atoms with Crippen LogP contribution in [-0.2, 0) is 0 Å². The molecule has 2 fully saturated rings. The normalized spacial score (nSPS) is 31.9. The summed E-state index contributed by atoms with van der Waals surface area (Å²) in [5, 5.41) is 3.48. The van der Waals surface area contributed by atoms with E-state index >= 15 is 0 Å². The molecule has 2 saturated heterocycles. The Labute approximate surface area is 106 Å². The predicted octanol–water partition coefficient (Wildman–Crippen LogP) is 2.61. The average Bonchev–Trinajstić information content (AvgIpc) is 2.89. The van der Waals surface area contributed by atoms with Crippen molar-refractivity contribution in [3.05, 3.63) is 21.3 Å². The van der Waals surface area contributed by atoms with E-state index in [9.17, 15) is 0 Å². The Morgan fingerprint density at radius 2 is 2.06 bits per heavy atom. The number of hydrogen-bond donors (Lipinski definition) is 1. The Kier molecular flexibility index (Phi) is 2.96. The summed E-state index contributed by atoms with van der Waals surface area (Å²) in [4.78, 5) is 4.01. The fourth-order valence-corrected chi connectivity index (χ4v) is 4.09. The van der Waals surface area contributed by atoms with Gasteiger partial charge in [0.15, 0.2) is 0 Å². The highest BCUT2D eigenvalue weighted by atomic mass is 35.5. The molecule has 0 radical (unpaired) electrons. The van der Waals surface area contributed by atoms with Gasteiger partial charge in [0.2, 0.25) is 0 Å². The van der Waals surface area contributed by atoms with E-state index in [-0.39, 0.29) is 0 Å². The second-order valence-electron chi connectivity index (χ2n) is 4.95. The summed E-state index contributed by atoms with van der Waals surface area (Å²) in [6.45, 7) is 7.21. The number of thiophene rings is 1. The first-order valence-electron chi connectivity index (χ1n) is 5.94. The van der Waals surface area contributed by atoms with Gasteiger partial charge >= 0.3 is 0 Å². The molecule has 2 aliphatic heterocycles. The summed E-state index contributed by atoms with van der Waals surface area (Å²) >= 11 is 7.72. The van der Waals surface area contributed by atoms with Crippen molar-refractivity contribution in [3.8, 4) is 0 Å². The third kappa shape index (κ3) is 1.90. The third-order valence-electron chi connectivity index (χ3n) is 3.97. The summed E-state index contributed by atoms with van der Waals surface area (Å²) in [6, 6.07) is 4.71. The van der Waals surface area contributed by atoms with Crippen LogP contribution in [0.4, 0.5) is 0 Å². The van der Waals surface area contributed by atoms with Crippen LogP contribution < -0.4 is 5.32 Å². The van der Waals surface area contributed by atoms with Crippen LogP contribution in [-0.4, -0.2) is 31.1 Å². The maximum Gasteiger partial charge on any atom is 0.0931 e. The molecule has 0 aliphatic carbocycles. The fourth-order valence-electron chi connectivity index (χ4n) is 2.94. The molecule has 0 amide bonds. The predicted molar refractivity (Wildman–Crippen MR) is 69.2 cm³/mol. The van der Waals surface area contributed by atoms with Gasteiger partial charge in [-0.25, -0.2) is 0 Å². The highest BCUT2D eigenvalue weighted by molar-refractivity contribution is 7.16. The fraction of sp³-hybridized carbons (Fsp3) is 0.667. The lowest BCUT2D eigenvalue weighted by Gasteiger charge is -2.24. The van der Waals surface area contributed by atoms with Crippen LogP contribution in [0.1, 0.15) is 17.8 Å². The molecular formula is C12H17ClN2S. The zero-order chi connectivity index (χ0) is 11.1. The van der Waals surface area contributed by atoms with Crippen LogP contribution in [0.3, 0.4) is 0 Å². The van der Waals surface area contributed by atoms with Crippen molar-refractivity contribution >= 4 is 22.9 Å². The van der Waals surface area contributed by atoms with E-state index < -0.39 is 0 Å². The van der Waals surface area contributed by atoms with Gasteiger partial charge in [0.25, 0.3) is 0 Å². The van der Waals surface area contributed by atoms with E-state index in [1.54, 1.807) is 11.3 Å². The molecule has 0 spiro atoms. The minimum Gasteiger partial charge on any atom is -0.316 e. The van der Waals surface area contributed by atoms with Crippen LogP contribution in [0.2, 0.25) is 4.34 Å². The van der Waals surface area contributed by atoms with Crippen molar-refractivity contribution in [2.75, 3.05) is 26.2 Å². The standard InChI is InChI=1S/C12H17ClN2S/c1-8(11-2-3-12(13)16-11)15-6-9-4-14-5-10(9)7-15/h2-3,8-10,14H,4-7H2,1H3. The summed E-state index contributed by atoms with van der Waals surface area (Å²) in [5.74, 6) is 1.75. The molecule has 1 N–H and O–H groups in total. The molecule has 1 aromatic heterocycles. The second-order valence-corrected chi connectivity index (χ2v) is 6.70. The zero-order valence-electron chi connectivity index (χ0n) is 9.45. The number of fused-ring (bicyclic) bond motifs is 1. The summed E-state index contributed by atoms with van der Waals surface area (Å²) < 4.78 is 0.905. The first-order valence-corrected chi connectivity index (χ1v) is 7.13. The van der Waals surface area contributed by atoms with E-state index in [1.807, 2.05) is 6.07 Å². The molecular weight excluding hydrogens is 240 g/mol. The van der Waals surface area contributed by atoms with E-state index in [0.29, 0.717) is 6.04 Å². The SMILES string of the molecule is CC(c1ccc(Cl)s1)N1CC2CNCC2C1. The molecule has 3 atom stereocenters. The molecule has 1 aromatic rings. The van der Waals surface area contributed by atoms with Crippen LogP contribution in [0.25, 0.3) is 0 Å². The Bertz CT molecular complexity index is 367. The smallest absolute Gasteiger partial charge is 0.0931 e. The van der Waals surface area contributed by atoms with Gasteiger partial charge in [-0.3, -0.25) is 4.90 Å². The highest BCUT2D eigenvalue weighted by Gasteiger charge is 2.38. The number of nitrogens with one attached hydrogen (secondary N) is 1. The molecule has 4 heteroatoms. The Morgan fingerprint density at radius 3 is 2.62 bits per heavy atom. The molecule has 0 aromatic carbocycles. The van der Waals surface area contributed by atoms with Crippen molar-refractivity contribution in [2.45, 2.75) is 13.0 Å². The largest absolute Gasteiger partial charge is 0.316 e. The van der Waals surface area contributed by atoms with Crippen LogP contribution in [0, 0.1) is 11.8 Å². The Hall–Kier alpha value is -0.0900. The molecule has 2 nitrogen and oxygen atoms in total. The minimum absolute atomic E-state index is 0.531. The van der Waals surface area contributed by atoms with Gasteiger partial charge < -0.3 is 5.32 Å². The van der Waals surface area contributed by atoms with Gasteiger partial charge in [0, 0.05) is 24.0 Å². The average molecular weight is 257 g/mol. The second kappa shape index (κ2) is 4.30. The van der Waals surface area contributed by atoms with Crippen molar-refractivity contribution in [1.29, 1.82) is 0 Å². The van der Waals surface area contributed by atoms with Crippen molar-refractivity contribution < 1.29 is 0 Å². The van der Waals surface area contributed by atoms with Gasteiger partial charge in [0.1, 0.15) is 0 Å². The molecule has 3 unspecified atom stereocenters. The van der Waals surface area contributed by atoms with Gasteiger partial charge in [-0.1, -0.05) is 11.6 Å². The number of halogens is 1. The summed E-state index contributed by atoms with van der Waals surface area (Å²) in [5.41, 5.74) is 0. The van der Waals surface area contributed by atoms with Crippen LogP contribution in [0.5, 0.6) is 0 Å². The van der Waals surface area contributed by atoms with Gasteiger partial charge in [0.05, 0.1) is 4.34 Å². The molecule has 3 heterocycles. The maximum atomic E-state index is 6.00. The van der Waals surface area contributed by atoms with E-state index in [1.165, 1.54) is 31.1 Å². The van der Waals surface area contributed by atoms with Crippen LogP contribution >= 0.6 is 22.9 Å². The topological polar surface area (TPSA) is 15.3 Å². The quantitative estimate of drug-likeness (QED) is 0.875. The minimum atomic E-state index is 0.531. The molecule has 3 rings (SSSR count). The number of rotatable bonds is 2.